The first-order valence-corrected chi connectivity index (χ1v) is 9.44. The van der Waals surface area contributed by atoms with E-state index in [1.165, 1.54) is 0 Å². The van der Waals surface area contributed by atoms with Gasteiger partial charge in [-0.1, -0.05) is 15.9 Å². The fourth-order valence-corrected chi connectivity index (χ4v) is 3.09. The van der Waals surface area contributed by atoms with Gasteiger partial charge in [-0.3, -0.25) is 4.79 Å². The van der Waals surface area contributed by atoms with Gasteiger partial charge in [-0.25, -0.2) is 0 Å². The second kappa shape index (κ2) is 8.43. The van der Waals surface area contributed by atoms with E-state index in [0.717, 1.165) is 9.99 Å². The number of aromatic nitrogens is 1. The maximum absolute atomic E-state index is 12.1. The lowest BCUT2D eigenvalue weighted by Crippen LogP contribution is -2.07. The number of methoxy groups -OCH3 is 1. The van der Waals surface area contributed by atoms with Crippen LogP contribution in [0.5, 0.6) is 17.4 Å². The number of carbonyl (C=O) groups excluding carboxylic acids is 1. The van der Waals surface area contributed by atoms with Crippen molar-refractivity contribution in [2.75, 3.05) is 13.7 Å². The fraction of sp³-hybridized carbons (Fsp3) is 0.250. The standard InChI is InChI=1S/C20H20BrN3O4/c1-12(2)24-17-9-8-15(27-3)10-16(17)19(20(24)26)23-22-18(25)11-28-14-6-4-13(21)5-7-14/h4-10,12,26H,11H2,1-3H3. The number of benzene rings is 2. The minimum Gasteiger partial charge on any atom is -0.497 e. The third-order valence-electron chi connectivity index (χ3n) is 4.11. The molecule has 2 aromatic carbocycles. The Bertz CT molecular complexity index is 1030. The molecule has 3 rings (SSSR count). The van der Waals surface area contributed by atoms with Crippen LogP contribution in [-0.2, 0) is 4.79 Å². The Hall–Kier alpha value is -2.87. The zero-order valence-corrected chi connectivity index (χ0v) is 17.3. The Labute approximate surface area is 170 Å². The lowest BCUT2D eigenvalue weighted by Gasteiger charge is -2.10. The number of hydrogen-bond acceptors (Lipinski definition) is 5. The zero-order valence-electron chi connectivity index (χ0n) is 15.7. The molecule has 1 N–H and O–H groups in total. The van der Waals surface area contributed by atoms with Crippen molar-refractivity contribution in [1.29, 1.82) is 0 Å². The number of fused-ring (bicyclic) bond motifs is 1. The molecule has 28 heavy (non-hydrogen) atoms. The molecule has 0 aliphatic carbocycles. The molecule has 0 aliphatic heterocycles. The summed E-state index contributed by atoms with van der Waals surface area (Å²) in [5.41, 5.74) is 1.00. The molecule has 0 unspecified atom stereocenters. The van der Waals surface area contributed by atoms with Gasteiger partial charge < -0.3 is 19.1 Å². The topological polar surface area (TPSA) is 85.4 Å². The third-order valence-corrected chi connectivity index (χ3v) is 4.64. The largest absolute Gasteiger partial charge is 0.497 e. The second-order valence-electron chi connectivity index (χ2n) is 6.36. The van der Waals surface area contributed by atoms with E-state index in [2.05, 4.69) is 26.2 Å². The van der Waals surface area contributed by atoms with Gasteiger partial charge in [0.05, 0.1) is 12.6 Å². The van der Waals surface area contributed by atoms with Crippen LogP contribution < -0.4 is 9.47 Å². The molecule has 1 heterocycles. The van der Waals surface area contributed by atoms with E-state index in [4.69, 9.17) is 9.47 Å². The average Bonchev–Trinajstić information content (AvgIpc) is 2.96. The normalized spacial score (nSPS) is 11.5. The predicted octanol–water partition coefficient (Wildman–Crippen LogP) is 5.39. The summed E-state index contributed by atoms with van der Waals surface area (Å²) in [6.07, 6.45) is 0. The highest BCUT2D eigenvalue weighted by atomic mass is 79.9. The fourth-order valence-electron chi connectivity index (χ4n) is 2.82. The summed E-state index contributed by atoms with van der Waals surface area (Å²) in [5.74, 6) is 0.560. The third kappa shape index (κ3) is 4.17. The van der Waals surface area contributed by atoms with Gasteiger partial charge >= 0.3 is 5.91 Å². The molecule has 8 heteroatoms. The lowest BCUT2D eigenvalue weighted by atomic mass is 10.2. The minimum absolute atomic E-state index is 0.00344. The summed E-state index contributed by atoms with van der Waals surface area (Å²) >= 11 is 3.33. The Kier molecular flexibility index (Phi) is 5.99. The second-order valence-corrected chi connectivity index (χ2v) is 7.27. The van der Waals surface area contributed by atoms with Gasteiger partial charge in [0.15, 0.2) is 12.3 Å². The van der Waals surface area contributed by atoms with E-state index in [-0.39, 0.29) is 24.2 Å². The number of ether oxygens (including phenoxy) is 2. The van der Waals surface area contributed by atoms with Crippen LogP contribution in [0.1, 0.15) is 19.9 Å². The SMILES string of the molecule is COc1ccc2c(c1)c(N=NC(=O)COc1ccc(Br)cc1)c(O)n2C(C)C. The molecule has 0 saturated carbocycles. The molecule has 1 amide bonds. The Morgan fingerprint density at radius 2 is 1.86 bits per heavy atom. The van der Waals surface area contributed by atoms with Gasteiger partial charge in [0.2, 0.25) is 5.88 Å². The Balaban J connectivity index is 1.84. The first-order chi connectivity index (χ1) is 13.4. The smallest absolute Gasteiger partial charge is 0.302 e. The molecule has 0 aliphatic rings. The van der Waals surface area contributed by atoms with Crippen LogP contribution in [-0.4, -0.2) is 29.3 Å². The zero-order chi connectivity index (χ0) is 20.3. The van der Waals surface area contributed by atoms with Crippen LogP contribution in [0, 0.1) is 0 Å². The van der Waals surface area contributed by atoms with Gasteiger partial charge in [0, 0.05) is 15.9 Å². The number of amides is 1. The van der Waals surface area contributed by atoms with Gasteiger partial charge in [0.1, 0.15) is 11.5 Å². The van der Waals surface area contributed by atoms with Gasteiger partial charge in [0.25, 0.3) is 0 Å². The predicted molar refractivity (Wildman–Crippen MR) is 110 cm³/mol. The van der Waals surface area contributed by atoms with E-state index in [1.54, 1.807) is 35.9 Å². The van der Waals surface area contributed by atoms with Gasteiger partial charge in [-0.05, 0) is 56.3 Å². The number of rotatable bonds is 6. The number of nitrogens with zero attached hydrogens (tertiary/aromatic N) is 3. The van der Waals surface area contributed by atoms with Crippen molar-refractivity contribution in [3.63, 3.8) is 0 Å². The maximum Gasteiger partial charge on any atom is 0.302 e. The van der Waals surface area contributed by atoms with Gasteiger partial charge in [-0.15, -0.1) is 10.2 Å². The first-order valence-electron chi connectivity index (χ1n) is 8.64. The van der Waals surface area contributed by atoms with E-state index in [0.29, 0.717) is 16.9 Å². The van der Waals surface area contributed by atoms with Crippen LogP contribution in [0.4, 0.5) is 5.69 Å². The summed E-state index contributed by atoms with van der Waals surface area (Å²) in [6, 6.07) is 12.5. The highest BCUT2D eigenvalue weighted by molar-refractivity contribution is 9.10. The van der Waals surface area contributed by atoms with Crippen LogP contribution in [0.25, 0.3) is 10.9 Å². The summed E-state index contributed by atoms with van der Waals surface area (Å²) < 4.78 is 13.3. The van der Waals surface area contributed by atoms with Crippen molar-refractivity contribution >= 4 is 38.4 Å². The molecule has 0 atom stereocenters. The van der Waals surface area contributed by atoms with Crippen LogP contribution in [0.3, 0.4) is 0 Å². The highest BCUT2D eigenvalue weighted by Crippen LogP contribution is 2.42. The Morgan fingerprint density at radius 3 is 2.50 bits per heavy atom. The summed E-state index contributed by atoms with van der Waals surface area (Å²) in [6.45, 7) is 3.64. The number of halogens is 1. The summed E-state index contributed by atoms with van der Waals surface area (Å²) in [4.78, 5) is 12.1. The first kappa shape index (κ1) is 19.9. The molecule has 146 valence electrons. The van der Waals surface area contributed by atoms with Crippen molar-refractivity contribution in [3.8, 4) is 17.4 Å². The molecule has 0 saturated heterocycles. The number of azo groups is 1. The van der Waals surface area contributed by atoms with Crippen molar-refractivity contribution in [1.82, 2.24) is 4.57 Å². The van der Waals surface area contributed by atoms with E-state index < -0.39 is 5.91 Å². The van der Waals surface area contributed by atoms with Crippen LogP contribution >= 0.6 is 15.9 Å². The highest BCUT2D eigenvalue weighted by Gasteiger charge is 2.19. The Morgan fingerprint density at radius 1 is 1.18 bits per heavy atom. The quantitative estimate of drug-likeness (QED) is 0.515. The monoisotopic (exact) mass is 445 g/mol. The van der Waals surface area contributed by atoms with Gasteiger partial charge in [-0.2, -0.15) is 0 Å². The average molecular weight is 446 g/mol. The molecular formula is C20H20BrN3O4. The molecule has 0 spiro atoms. The molecule has 0 bridgehead atoms. The number of carbonyl (C=O) groups is 1. The van der Waals surface area contributed by atoms with Crippen LogP contribution in [0.2, 0.25) is 0 Å². The van der Waals surface area contributed by atoms with E-state index >= 15 is 0 Å². The van der Waals surface area contributed by atoms with Crippen molar-refractivity contribution in [2.24, 2.45) is 10.2 Å². The summed E-state index contributed by atoms with van der Waals surface area (Å²) in [7, 11) is 1.56. The van der Waals surface area contributed by atoms with Crippen molar-refractivity contribution in [3.05, 3.63) is 46.9 Å². The lowest BCUT2D eigenvalue weighted by molar-refractivity contribution is -0.120. The van der Waals surface area contributed by atoms with E-state index in [9.17, 15) is 9.90 Å². The molecule has 1 aromatic heterocycles. The van der Waals surface area contributed by atoms with Crippen molar-refractivity contribution in [2.45, 2.75) is 19.9 Å². The van der Waals surface area contributed by atoms with Crippen molar-refractivity contribution < 1.29 is 19.4 Å². The van der Waals surface area contributed by atoms with Crippen LogP contribution in [0.15, 0.2) is 57.2 Å². The maximum atomic E-state index is 12.1. The minimum atomic E-state index is -0.560. The van der Waals surface area contributed by atoms with E-state index in [1.807, 2.05) is 32.0 Å². The number of aromatic hydroxyl groups is 1. The molecule has 0 fully saturated rings. The number of hydrogen-bond donors (Lipinski definition) is 1. The molecule has 0 radical (unpaired) electrons. The summed E-state index contributed by atoms with van der Waals surface area (Å²) in [5, 5.41) is 19.0. The molecule has 7 nitrogen and oxygen atoms in total. The molecule has 3 aromatic rings. The molecular weight excluding hydrogens is 426 g/mol.